The molecular formula is C26H21F3N2O3. The van der Waals surface area contributed by atoms with Gasteiger partial charge in [-0.05, 0) is 49.7 Å². The molecule has 3 aromatic rings. The Balaban J connectivity index is 1.81. The molecule has 1 N–H and O–H groups in total. The van der Waals surface area contributed by atoms with Crippen molar-refractivity contribution in [2.45, 2.75) is 26.1 Å². The van der Waals surface area contributed by atoms with Gasteiger partial charge in [-0.15, -0.1) is 0 Å². The Bertz CT molecular complexity index is 1270. The molecule has 4 rings (SSSR count). The second-order valence-electron chi connectivity index (χ2n) is 7.90. The van der Waals surface area contributed by atoms with Crippen LogP contribution in [0.5, 0.6) is 5.75 Å². The Hall–Kier alpha value is -4.07. The largest absolute Gasteiger partial charge is 0.489 e. The van der Waals surface area contributed by atoms with E-state index in [1.807, 2.05) is 13.8 Å². The van der Waals surface area contributed by atoms with Gasteiger partial charge in [0, 0.05) is 5.69 Å². The van der Waals surface area contributed by atoms with Crippen molar-refractivity contribution in [3.05, 3.63) is 95.7 Å². The highest BCUT2D eigenvalue weighted by atomic mass is 19.4. The number of rotatable bonds is 6. The monoisotopic (exact) mass is 466 g/mol. The van der Waals surface area contributed by atoms with Gasteiger partial charge in [0.2, 0.25) is 0 Å². The molecule has 174 valence electrons. The van der Waals surface area contributed by atoms with Crippen LogP contribution in [0.3, 0.4) is 0 Å². The lowest BCUT2D eigenvalue weighted by molar-refractivity contribution is -0.137. The first-order valence-corrected chi connectivity index (χ1v) is 10.5. The van der Waals surface area contributed by atoms with E-state index in [-0.39, 0.29) is 28.7 Å². The molecule has 0 unspecified atom stereocenters. The van der Waals surface area contributed by atoms with Crippen LogP contribution < -0.4 is 15.0 Å². The second kappa shape index (κ2) is 9.05. The summed E-state index contributed by atoms with van der Waals surface area (Å²) in [5.41, 5.74) is -0.186. The van der Waals surface area contributed by atoms with Crippen LogP contribution in [0.2, 0.25) is 0 Å². The Morgan fingerprint density at radius 2 is 1.53 bits per heavy atom. The smallest absolute Gasteiger partial charge is 0.416 e. The summed E-state index contributed by atoms with van der Waals surface area (Å²) in [7, 11) is 0. The van der Waals surface area contributed by atoms with Crippen molar-refractivity contribution in [1.82, 2.24) is 0 Å². The number of imide groups is 1. The van der Waals surface area contributed by atoms with E-state index in [4.69, 9.17) is 4.74 Å². The van der Waals surface area contributed by atoms with E-state index in [9.17, 15) is 22.8 Å². The highest BCUT2D eigenvalue weighted by Crippen LogP contribution is 2.38. The molecule has 0 radical (unpaired) electrons. The lowest BCUT2D eigenvalue weighted by Crippen LogP contribution is -2.33. The van der Waals surface area contributed by atoms with Crippen LogP contribution in [-0.2, 0) is 15.8 Å². The number of halogens is 3. The third kappa shape index (κ3) is 4.52. The van der Waals surface area contributed by atoms with Gasteiger partial charge in [-0.25, -0.2) is 4.90 Å². The number of nitrogens with one attached hydrogen (secondary N) is 1. The summed E-state index contributed by atoms with van der Waals surface area (Å²) >= 11 is 0. The number of benzene rings is 3. The van der Waals surface area contributed by atoms with Crippen LogP contribution in [0.1, 0.15) is 25.0 Å². The Kier molecular flexibility index (Phi) is 6.15. The summed E-state index contributed by atoms with van der Waals surface area (Å²) in [4.78, 5) is 28.1. The molecule has 1 heterocycles. The molecule has 0 spiro atoms. The van der Waals surface area contributed by atoms with Gasteiger partial charge in [0.05, 0.1) is 22.9 Å². The van der Waals surface area contributed by atoms with Crippen LogP contribution >= 0.6 is 0 Å². The van der Waals surface area contributed by atoms with Crippen LogP contribution in [0.25, 0.3) is 5.57 Å². The van der Waals surface area contributed by atoms with Gasteiger partial charge in [0.25, 0.3) is 11.8 Å². The highest BCUT2D eigenvalue weighted by Gasteiger charge is 2.41. The minimum absolute atomic E-state index is 0.0352. The molecule has 0 fully saturated rings. The van der Waals surface area contributed by atoms with E-state index in [0.29, 0.717) is 11.3 Å². The van der Waals surface area contributed by atoms with E-state index in [1.165, 1.54) is 12.1 Å². The maximum atomic E-state index is 13.6. The number of carbonyl (C=O) groups excluding carboxylic acids is 2. The zero-order chi connectivity index (χ0) is 24.5. The van der Waals surface area contributed by atoms with Crippen molar-refractivity contribution in [1.29, 1.82) is 0 Å². The maximum absolute atomic E-state index is 13.6. The first-order valence-electron chi connectivity index (χ1n) is 10.5. The summed E-state index contributed by atoms with van der Waals surface area (Å²) in [5, 5.41) is 2.77. The van der Waals surface area contributed by atoms with Gasteiger partial charge in [0.1, 0.15) is 11.4 Å². The molecule has 0 atom stereocenters. The molecule has 5 nitrogen and oxygen atoms in total. The number of anilines is 2. The van der Waals surface area contributed by atoms with Gasteiger partial charge in [-0.1, -0.05) is 48.5 Å². The zero-order valence-corrected chi connectivity index (χ0v) is 18.4. The number of para-hydroxylation sites is 2. The molecule has 0 aromatic heterocycles. The normalized spacial score (nSPS) is 14.2. The molecule has 1 aliphatic heterocycles. The second-order valence-corrected chi connectivity index (χ2v) is 7.90. The zero-order valence-electron chi connectivity index (χ0n) is 18.4. The first-order chi connectivity index (χ1) is 16.2. The Morgan fingerprint density at radius 1 is 0.853 bits per heavy atom. The molecular weight excluding hydrogens is 445 g/mol. The lowest BCUT2D eigenvalue weighted by atomic mass is 10.0. The van der Waals surface area contributed by atoms with E-state index < -0.39 is 23.6 Å². The van der Waals surface area contributed by atoms with Crippen LogP contribution in [0.15, 0.2) is 84.6 Å². The average molecular weight is 466 g/mol. The maximum Gasteiger partial charge on any atom is 0.416 e. The summed E-state index contributed by atoms with van der Waals surface area (Å²) in [6.45, 7) is 3.64. The summed E-state index contributed by atoms with van der Waals surface area (Å²) in [6, 6.07) is 19.6. The third-order valence-corrected chi connectivity index (χ3v) is 5.07. The van der Waals surface area contributed by atoms with Crippen LogP contribution in [0.4, 0.5) is 24.5 Å². The highest BCUT2D eigenvalue weighted by molar-refractivity contribution is 6.46. The quantitative estimate of drug-likeness (QED) is 0.461. The van der Waals surface area contributed by atoms with Gasteiger partial charge >= 0.3 is 6.18 Å². The molecule has 0 saturated carbocycles. The van der Waals surface area contributed by atoms with Gasteiger partial charge in [-0.3, -0.25) is 9.59 Å². The molecule has 0 saturated heterocycles. The fourth-order valence-corrected chi connectivity index (χ4v) is 3.65. The number of hydrogen-bond acceptors (Lipinski definition) is 4. The van der Waals surface area contributed by atoms with Crippen molar-refractivity contribution in [2.24, 2.45) is 0 Å². The van der Waals surface area contributed by atoms with Gasteiger partial charge < -0.3 is 10.1 Å². The SMILES string of the molecule is CC(C)Oc1ccccc1N1C(=O)C(Nc2cccc(C(F)(F)F)c2)=C(c2ccccc2)C1=O. The molecule has 34 heavy (non-hydrogen) atoms. The summed E-state index contributed by atoms with van der Waals surface area (Å²) in [5.74, 6) is -0.960. The van der Waals surface area contributed by atoms with Gasteiger partial charge in [0.15, 0.2) is 0 Å². The molecule has 2 amide bonds. The number of alkyl halides is 3. The minimum Gasteiger partial charge on any atom is -0.489 e. The summed E-state index contributed by atoms with van der Waals surface area (Å²) in [6.07, 6.45) is -4.76. The lowest BCUT2D eigenvalue weighted by Gasteiger charge is -2.20. The van der Waals surface area contributed by atoms with E-state index >= 15 is 0 Å². The number of ether oxygens (including phenoxy) is 1. The fourth-order valence-electron chi connectivity index (χ4n) is 3.65. The van der Waals surface area contributed by atoms with Crippen molar-refractivity contribution in [3.8, 4) is 5.75 Å². The van der Waals surface area contributed by atoms with E-state index in [1.54, 1.807) is 54.6 Å². The average Bonchev–Trinajstić information content (AvgIpc) is 3.03. The molecule has 3 aromatic carbocycles. The van der Waals surface area contributed by atoms with Crippen molar-refractivity contribution in [2.75, 3.05) is 10.2 Å². The predicted octanol–water partition coefficient (Wildman–Crippen LogP) is 5.89. The number of amides is 2. The van der Waals surface area contributed by atoms with Crippen molar-refractivity contribution < 1.29 is 27.5 Å². The number of carbonyl (C=O) groups is 2. The van der Waals surface area contributed by atoms with Crippen molar-refractivity contribution in [3.63, 3.8) is 0 Å². The Labute approximate surface area is 194 Å². The van der Waals surface area contributed by atoms with E-state index in [2.05, 4.69) is 5.32 Å². The minimum atomic E-state index is -4.55. The molecule has 0 aliphatic carbocycles. The van der Waals surface area contributed by atoms with Crippen LogP contribution in [-0.4, -0.2) is 17.9 Å². The fraction of sp³-hybridized carbons (Fsp3) is 0.154. The number of nitrogens with zero attached hydrogens (tertiary/aromatic N) is 1. The standard InChI is InChI=1S/C26H21F3N2O3/c1-16(2)34-21-14-7-6-13-20(21)31-24(32)22(17-9-4-3-5-10-17)23(25(31)33)30-19-12-8-11-18(15-19)26(27,28)29/h3-16,30H,1-2H3. The predicted molar refractivity (Wildman–Crippen MR) is 123 cm³/mol. The summed E-state index contributed by atoms with van der Waals surface area (Å²) < 4.78 is 45.4. The molecule has 1 aliphatic rings. The number of hydrogen-bond donors (Lipinski definition) is 1. The van der Waals surface area contributed by atoms with Gasteiger partial charge in [-0.2, -0.15) is 13.2 Å². The Morgan fingerprint density at radius 3 is 2.21 bits per heavy atom. The van der Waals surface area contributed by atoms with Crippen molar-refractivity contribution >= 4 is 28.8 Å². The first kappa shape index (κ1) is 23.1. The third-order valence-electron chi connectivity index (χ3n) is 5.07. The van der Waals surface area contributed by atoms with E-state index in [0.717, 1.165) is 17.0 Å². The molecule has 0 bridgehead atoms. The molecule has 8 heteroatoms. The topological polar surface area (TPSA) is 58.6 Å². The van der Waals surface area contributed by atoms with Crippen LogP contribution in [0, 0.1) is 0 Å².